The van der Waals surface area contributed by atoms with E-state index in [1.807, 2.05) is 29.1 Å². The molecule has 0 saturated heterocycles. The van der Waals surface area contributed by atoms with Gasteiger partial charge in [-0.1, -0.05) is 0 Å². The normalized spacial score (nSPS) is 10.6. The molecule has 2 aromatic heterocycles. The predicted octanol–water partition coefficient (Wildman–Crippen LogP) is 1.06. The number of carbonyl (C=O) groups excluding carboxylic acids is 2. The average Bonchev–Trinajstić information content (AvgIpc) is 2.89. The zero-order valence-electron chi connectivity index (χ0n) is 10.6. The van der Waals surface area contributed by atoms with Crippen molar-refractivity contribution in [1.29, 1.82) is 0 Å². The van der Waals surface area contributed by atoms with Gasteiger partial charge in [0.2, 0.25) is 5.91 Å². The second-order valence-electron chi connectivity index (χ2n) is 4.23. The Hall–Kier alpha value is -1.82. The Labute approximate surface area is 109 Å². The fourth-order valence-electron chi connectivity index (χ4n) is 1.67. The van der Waals surface area contributed by atoms with Crippen LogP contribution in [0.2, 0.25) is 0 Å². The molecular formula is C12H15N3O2S. The standard InChI is InChI=1S/C12H15N3O2S/c1-14(2)11(16)7-13-12(17)9-6-10-8(15(9)3)4-5-18-10/h4-6H,7H2,1-3H3,(H,13,17). The minimum absolute atomic E-state index is 0.0185. The van der Waals surface area contributed by atoms with Crippen molar-refractivity contribution in [3.8, 4) is 0 Å². The number of hydrogen-bond donors (Lipinski definition) is 1. The second kappa shape index (κ2) is 4.81. The fourth-order valence-corrected chi connectivity index (χ4v) is 2.52. The molecule has 0 unspecified atom stereocenters. The largest absolute Gasteiger partial charge is 0.347 e. The van der Waals surface area contributed by atoms with Crippen molar-refractivity contribution in [2.75, 3.05) is 20.6 Å². The lowest BCUT2D eigenvalue weighted by Crippen LogP contribution is -2.36. The Morgan fingerprint density at radius 2 is 2.17 bits per heavy atom. The zero-order chi connectivity index (χ0) is 13.3. The molecule has 1 N–H and O–H groups in total. The summed E-state index contributed by atoms with van der Waals surface area (Å²) in [5.41, 5.74) is 1.60. The van der Waals surface area contributed by atoms with Gasteiger partial charge in [-0.2, -0.15) is 0 Å². The van der Waals surface area contributed by atoms with Crippen LogP contribution in [0.15, 0.2) is 17.5 Å². The van der Waals surface area contributed by atoms with Crippen LogP contribution in [0.4, 0.5) is 0 Å². The molecule has 0 atom stereocenters. The van der Waals surface area contributed by atoms with Crippen LogP contribution in [-0.4, -0.2) is 41.9 Å². The molecule has 2 amide bonds. The topological polar surface area (TPSA) is 54.3 Å². The second-order valence-corrected chi connectivity index (χ2v) is 5.18. The third kappa shape index (κ3) is 2.24. The summed E-state index contributed by atoms with van der Waals surface area (Å²) in [5.74, 6) is -0.351. The first-order chi connectivity index (χ1) is 8.50. The van der Waals surface area contributed by atoms with Crippen LogP contribution in [0, 0.1) is 0 Å². The average molecular weight is 265 g/mol. The van der Waals surface area contributed by atoms with Crippen LogP contribution in [0.25, 0.3) is 10.2 Å². The van der Waals surface area contributed by atoms with Crippen LogP contribution >= 0.6 is 11.3 Å². The lowest BCUT2D eigenvalue weighted by molar-refractivity contribution is -0.127. The van der Waals surface area contributed by atoms with Crippen molar-refractivity contribution < 1.29 is 9.59 Å². The molecule has 0 aliphatic heterocycles. The first kappa shape index (κ1) is 12.6. The Morgan fingerprint density at radius 1 is 1.44 bits per heavy atom. The number of aromatic nitrogens is 1. The Morgan fingerprint density at radius 3 is 2.78 bits per heavy atom. The van der Waals surface area contributed by atoms with E-state index in [9.17, 15) is 9.59 Å². The van der Waals surface area contributed by atoms with E-state index in [4.69, 9.17) is 0 Å². The van der Waals surface area contributed by atoms with Gasteiger partial charge in [0.1, 0.15) is 5.69 Å². The minimum Gasteiger partial charge on any atom is -0.347 e. The van der Waals surface area contributed by atoms with Crippen molar-refractivity contribution in [2.45, 2.75) is 0 Å². The lowest BCUT2D eigenvalue weighted by Gasteiger charge is -2.11. The van der Waals surface area contributed by atoms with E-state index in [-0.39, 0.29) is 18.4 Å². The van der Waals surface area contributed by atoms with E-state index < -0.39 is 0 Å². The lowest BCUT2D eigenvalue weighted by atomic mass is 10.4. The minimum atomic E-state index is -0.226. The van der Waals surface area contributed by atoms with E-state index in [1.165, 1.54) is 4.90 Å². The molecule has 2 aromatic rings. The van der Waals surface area contributed by atoms with Gasteiger partial charge in [-0.25, -0.2) is 0 Å². The van der Waals surface area contributed by atoms with Crippen molar-refractivity contribution in [3.05, 3.63) is 23.2 Å². The summed E-state index contributed by atoms with van der Waals surface area (Å²) in [4.78, 5) is 24.8. The first-order valence-electron chi connectivity index (χ1n) is 5.52. The molecule has 0 aliphatic carbocycles. The van der Waals surface area contributed by atoms with Crippen LogP contribution in [0.3, 0.4) is 0 Å². The summed E-state index contributed by atoms with van der Waals surface area (Å²) in [6.07, 6.45) is 0. The molecule has 0 aliphatic rings. The number of fused-ring (bicyclic) bond motifs is 1. The highest BCUT2D eigenvalue weighted by atomic mass is 32.1. The smallest absolute Gasteiger partial charge is 0.268 e. The van der Waals surface area contributed by atoms with Crippen molar-refractivity contribution >= 4 is 33.4 Å². The number of thiophene rings is 1. The molecule has 0 aromatic carbocycles. The van der Waals surface area contributed by atoms with Crippen LogP contribution in [0.1, 0.15) is 10.5 Å². The maximum Gasteiger partial charge on any atom is 0.268 e. The third-order valence-electron chi connectivity index (χ3n) is 2.80. The first-order valence-corrected chi connectivity index (χ1v) is 6.40. The molecule has 0 saturated carbocycles. The molecule has 0 spiro atoms. The van der Waals surface area contributed by atoms with E-state index in [2.05, 4.69) is 5.32 Å². The number of nitrogens with zero attached hydrogens (tertiary/aromatic N) is 2. The van der Waals surface area contributed by atoms with Crippen molar-refractivity contribution in [2.24, 2.45) is 7.05 Å². The fraction of sp³-hybridized carbons (Fsp3) is 0.333. The van der Waals surface area contributed by atoms with Gasteiger partial charge in [0.15, 0.2) is 0 Å². The van der Waals surface area contributed by atoms with Gasteiger partial charge >= 0.3 is 0 Å². The maximum atomic E-state index is 12.0. The number of amides is 2. The predicted molar refractivity (Wildman–Crippen MR) is 71.8 cm³/mol. The number of hydrogen-bond acceptors (Lipinski definition) is 3. The maximum absolute atomic E-state index is 12.0. The highest BCUT2D eigenvalue weighted by Gasteiger charge is 2.15. The van der Waals surface area contributed by atoms with Gasteiger partial charge in [-0.3, -0.25) is 9.59 Å². The quantitative estimate of drug-likeness (QED) is 0.902. The monoisotopic (exact) mass is 265 g/mol. The molecule has 18 heavy (non-hydrogen) atoms. The number of likely N-dealkylation sites (N-methyl/N-ethyl adjacent to an activating group) is 1. The number of carbonyl (C=O) groups is 2. The summed E-state index contributed by atoms with van der Waals surface area (Å²) in [6, 6.07) is 3.82. The van der Waals surface area contributed by atoms with E-state index in [1.54, 1.807) is 25.4 Å². The Balaban J connectivity index is 2.11. The van der Waals surface area contributed by atoms with Gasteiger partial charge < -0.3 is 14.8 Å². The molecule has 5 nitrogen and oxygen atoms in total. The zero-order valence-corrected chi connectivity index (χ0v) is 11.4. The SMILES string of the molecule is CN(C)C(=O)CNC(=O)c1cc2sccc2n1C. The Bertz CT molecular complexity index is 598. The molecule has 6 heteroatoms. The summed E-state index contributed by atoms with van der Waals surface area (Å²) >= 11 is 1.59. The van der Waals surface area contributed by atoms with Crippen molar-refractivity contribution in [1.82, 2.24) is 14.8 Å². The highest BCUT2D eigenvalue weighted by Crippen LogP contribution is 2.23. The summed E-state index contributed by atoms with van der Waals surface area (Å²) in [7, 11) is 5.16. The molecule has 2 rings (SSSR count). The molecular weight excluding hydrogens is 250 g/mol. The number of aryl methyl sites for hydroxylation is 1. The van der Waals surface area contributed by atoms with E-state index >= 15 is 0 Å². The molecule has 0 bridgehead atoms. The summed E-state index contributed by atoms with van der Waals surface area (Å²) < 4.78 is 2.91. The van der Waals surface area contributed by atoms with Gasteiger partial charge in [0.05, 0.1) is 16.8 Å². The van der Waals surface area contributed by atoms with Gasteiger partial charge in [0, 0.05) is 21.1 Å². The number of nitrogens with one attached hydrogen (secondary N) is 1. The van der Waals surface area contributed by atoms with Gasteiger partial charge in [-0.15, -0.1) is 11.3 Å². The van der Waals surface area contributed by atoms with Crippen LogP contribution in [-0.2, 0) is 11.8 Å². The highest BCUT2D eigenvalue weighted by molar-refractivity contribution is 7.17. The van der Waals surface area contributed by atoms with Crippen molar-refractivity contribution in [3.63, 3.8) is 0 Å². The van der Waals surface area contributed by atoms with E-state index in [0.29, 0.717) is 5.69 Å². The summed E-state index contributed by atoms with van der Waals surface area (Å²) in [5, 5.41) is 4.61. The molecule has 2 heterocycles. The van der Waals surface area contributed by atoms with Crippen LogP contribution in [0.5, 0.6) is 0 Å². The number of rotatable bonds is 3. The molecule has 0 radical (unpaired) electrons. The third-order valence-corrected chi connectivity index (χ3v) is 3.65. The van der Waals surface area contributed by atoms with E-state index in [0.717, 1.165) is 10.2 Å². The Kier molecular flexibility index (Phi) is 3.38. The van der Waals surface area contributed by atoms with Gasteiger partial charge in [-0.05, 0) is 17.5 Å². The van der Waals surface area contributed by atoms with Crippen LogP contribution < -0.4 is 5.32 Å². The molecule has 0 fully saturated rings. The molecule has 96 valence electrons. The van der Waals surface area contributed by atoms with Gasteiger partial charge in [0.25, 0.3) is 5.91 Å². The summed E-state index contributed by atoms with van der Waals surface area (Å²) in [6.45, 7) is 0.0185.